The fourth-order valence-corrected chi connectivity index (χ4v) is 3.31. The predicted octanol–water partition coefficient (Wildman–Crippen LogP) is 4.27. The summed E-state index contributed by atoms with van der Waals surface area (Å²) in [5.74, 6) is -1.25. The second kappa shape index (κ2) is 8.50. The van der Waals surface area contributed by atoms with Gasteiger partial charge in [0.25, 0.3) is 9.84 Å². The number of imidazole rings is 1. The van der Waals surface area contributed by atoms with Crippen molar-refractivity contribution in [3.63, 3.8) is 0 Å². The van der Waals surface area contributed by atoms with E-state index in [1.807, 2.05) is 0 Å². The SMILES string of the molecule is O=S(=O)(c1nc(-c2ccc(F)cc2)c(-c2ccc(F)cc2)[nH]1)C(F)(F)C(F)F.[Na]. The van der Waals surface area contributed by atoms with E-state index in [0.29, 0.717) is 0 Å². The molecule has 0 saturated carbocycles. The predicted molar refractivity (Wildman–Crippen MR) is 93.3 cm³/mol. The van der Waals surface area contributed by atoms with Crippen molar-refractivity contribution in [1.82, 2.24) is 9.97 Å². The number of H-pyrrole nitrogens is 1. The molecule has 0 saturated heterocycles. The van der Waals surface area contributed by atoms with Crippen molar-refractivity contribution in [2.45, 2.75) is 16.8 Å². The molecule has 3 rings (SSSR count). The Bertz CT molecular complexity index is 1040. The minimum atomic E-state index is -5.87. The van der Waals surface area contributed by atoms with E-state index in [9.17, 15) is 34.8 Å². The average Bonchev–Trinajstić information content (AvgIpc) is 3.08. The second-order valence-electron chi connectivity index (χ2n) is 5.65. The number of hydrogen-bond acceptors (Lipinski definition) is 3. The standard InChI is InChI=1S/C17H10F6N2O2S.Na/c18-11-5-1-9(2-6-11)13-14(10-3-7-12(19)8-4-10)25-16(24-13)28(26,27)17(22,23)15(20)21;/h1-8,15H,(H,24,25);. The molecule has 2 aromatic carbocycles. The number of aromatic amines is 1. The van der Waals surface area contributed by atoms with E-state index in [4.69, 9.17) is 0 Å². The van der Waals surface area contributed by atoms with Crippen LogP contribution in [0.4, 0.5) is 26.3 Å². The van der Waals surface area contributed by atoms with Crippen LogP contribution < -0.4 is 0 Å². The monoisotopic (exact) mass is 443 g/mol. The summed E-state index contributed by atoms with van der Waals surface area (Å²) >= 11 is 0. The Morgan fingerprint density at radius 3 is 1.76 bits per heavy atom. The molecule has 1 heterocycles. The number of nitrogens with one attached hydrogen (secondary N) is 1. The quantitative estimate of drug-likeness (QED) is 0.473. The molecule has 1 aromatic heterocycles. The van der Waals surface area contributed by atoms with E-state index < -0.39 is 38.3 Å². The van der Waals surface area contributed by atoms with Crippen LogP contribution in [0.1, 0.15) is 0 Å². The molecule has 0 bridgehead atoms. The van der Waals surface area contributed by atoms with Crippen LogP contribution in [0.15, 0.2) is 53.7 Å². The summed E-state index contributed by atoms with van der Waals surface area (Å²) in [6.45, 7) is 0. The maximum absolute atomic E-state index is 13.6. The van der Waals surface area contributed by atoms with Gasteiger partial charge in [-0.25, -0.2) is 31.0 Å². The Labute approximate surface area is 183 Å². The Morgan fingerprint density at radius 1 is 0.862 bits per heavy atom. The van der Waals surface area contributed by atoms with E-state index in [2.05, 4.69) is 9.97 Å². The third kappa shape index (κ3) is 4.37. The molecule has 0 amide bonds. The molecule has 0 aliphatic carbocycles. The molecule has 1 N–H and O–H groups in total. The van der Waals surface area contributed by atoms with Crippen molar-refractivity contribution in [1.29, 1.82) is 0 Å². The molecule has 4 nitrogen and oxygen atoms in total. The fourth-order valence-electron chi connectivity index (χ4n) is 2.37. The second-order valence-corrected chi connectivity index (χ2v) is 7.58. The summed E-state index contributed by atoms with van der Waals surface area (Å²) in [5.41, 5.74) is -0.0840. The third-order valence-corrected chi connectivity index (χ3v) is 5.40. The van der Waals surface area contributed by atoms with Crippen molar-refractivity contribution < 1.29 is 34.8 Å². The van der Waals surface area contributed by atoms with E-state index in [-0.39, 0.29) is 52.1 Å². The Kier molecular flexibility index (Phi) is 6.88. The van der Waals surface area contributed by atoms with Crippen LogP contribution in [-0.2, 0) is 9.84 Å². The van der Waals surface area contributed by atoms with Crippen LogP contribution >= 0.6 is 0 Å². The Hall–Kier alpha value is -1.82. The molecule has 0 unspecified atom stereocenters. The van der Waals surface area contributed by atoms with E-state index in [0.717, 1.165) is 24.3 Å². The van der Waals surface area contributed by atoms with Gasteiger partial charge in [0, 0.05) is 40.7 Å². The van der Waals surface area contributed by atoms with Gasteiger partial charge in [0.05, 0.1) is 11.4 Å². The minimum absolute atomic E-state index is 0. The zero-order chi connectivity index (χ0) is 20.7. The number of nitrogens with zero attached hydrogens (tertiary/aromatic N) is 1. The minimum Gasteiger partial charge on any atom is -0.328 e. The first kappa shape index (κ1) is 23.5. The third-order valence-electron chi connectivity index (χ3n) is 3.80. The largest absolute Gasteiger partial charge is 0.411 e. The van der Waals surface area contributed by atoms with Gasteiger partial charge in [0.1, 0.15) is 11.6 Å². The van der Waals surface area contributed by atoms with Gasteiger partial charge in [0.15, 0.2) is 0 Å². The molecule has 0 fully saturated rings. The van der Waals surface area contributed by atoms with Crippen molar-refractivity contribution in [2.75, 3.05) is 0 Å². The maximum atomic E-state index is 13.6. The van der Waals surface area contributed by atoms with Gasteiger partial charge in [-0.1, -0.05) is 0 Å². The smallest absolute Gasteiger partial charge is 0.328 e. The zero-order valence-electron chi connectivity index (χ0n) is 14.6. The normalized spacial score (nSPS) is 12.1. The Morgan fingerprint density at radius 2 is 1.31 bits per heavy atom. The molecule has 149 valence electrons. The van der Waals surface area contributed by atoms with E-state index in [1.54, 1.807) is 0 Å². The number of aromatic nitrogens is 2. The van der Waals surface area contributed by atoms with Crippen molar-refractivity contribution in [3.05, 3.63) is 60.2 Å². The van der Waals surface area contributed by atoms with Crippen LogP contribution in [-0.4, -0.2) is 59.6 Å². The van der Waals surface area contributed by atoms with Crippen LogP contribution in [0.25, 0.3) is 22.5 Å². The fraction of sp³-hybridized carbons (Fsp3) is 0.118. The molecule has 12 heteroatoms. The van der Waals surface area contributed by atoms with Gasteiger partial charge < -0.3 is 4.98 Å². The number of rotatable bonds is 5. The van der Waals surface area contributed by atoms with Gasteiger partial charge in [-0.2, -0.15) is 8.78 Å². The summed E-state index contributed by atoms with van der Waals surface area (Å²) in [6, 6.07) is 8.87. The zero-order valence-corrected chi connectivity index (χ0v) is 17.5. The molecule has 0 spiro atoms. The molecule has 3 aromatic rings. The summed E-state index contributed by atoms with van der Waals surface area (Å²) in [4.78, 5) is 5.66. The van der Waals surface area contributed by atoms with Crippen molar-refractivity contribution in [2.24, 2.45) is 0 Å². The van der Waals surface area contributed by atoms with Crippen molar-refractivity contribution in [3.8, 4) is 22.5 Å². The molecule has 1 radical (unpaired) electrons. The van der Waals surface area contributed by atoms with Gasteiger partial charge in [-0.05, 0) is 48.5 Å². The van der Waals surface area contributed by atoms with Gasteiger partial charge in [-0.15, -0.1) is 0 Å². The van der Waals surface area contributed by atoms with Crippen LogP contribution in [0.3, 0.4) is 0 Å². The first-order chi connectivity index (χ1) is 13.0. The topological polar surface area (TPSA) is 62.8 Å². The maximum Gasteiger partial charge on any atom is 0.411 e. The summed E-state index contributed by atoms with van der Waals surface area (Å²) in [5, 5.41) is -6.78. The van der Waals surface area contributed by atoms with Crippen LogP contribution in [0.5, 0.6) is 0 Å². The van der Waals surface area contributed by atoms with Gasteiger partial charge >= 0.3 is 11.7 Å². The molecule has 0 aliphatic heterocycles. The molecule has 29 heavy (non-hydrogen) atoms. The van der Waals surface area contributed by atoms with E-state index >= 15 is 0 Å². The van der Waals surface area contributed by atoms with Gasteiger partial charge in [0.2, 0.25) is 5.16 Å². The molecular formula is C17H10F6N2NaO2S. The number of hydrogen-bond donors (Lipinski definition) is 1. The molecular weight excluding hydrogens is 433 g/mol. The number of halogens is 6. The van der Waals surface area contributed by atoms with Crippen molar-refractivity contribution >= 4 is 39.4 Å². The van der Waals surface area contributed by atoms with Crippen LogP contribution in [0.2, 0.25) is 0 Å². The average molecular weight is 443 g/mol. The number of alkyl halides is 4. The summed E-state index contributed by atoms with van der Waals surface area (Å²) in [6.07, 6.45) is -4.48. The molecule has 0 aliphatic rings. The molecule has 0 atom stereocenters. The van der Waals surface area contributed by atoms with E-state index in [1.165, 1.54) is 24.3 Å². The number of sulfone groups is 1. The Balaban J connectivity index is 0.00000300. The first-order valence-electron chi connectivity index (χ1n) is 7.56. The summed E-state index contributed by atoms with van der Waals surface area (Å²) in [7, 11) is -5.87. The van der Waals surface area contributed by atoms with Crippen LogP contribution in [0, 0.1) is 11.6 Å². The summed E-state index contributed by atoms with van der Waals surface area (Å²) < 4.78 is 103. The van der Waals surface area contributed by atoms with Gasteiger partial charge in [-0.3, -0.25) is 0 Å². The number of benzene rings is 2. The first-order valence-corrected chi connectivity index (χ1v) is 9.05.